The highest BCUT2D eigenvalue weighted by Gasteiger charge is 2.34. The molecule has 1 heterocycles. The van der Waals surface area contributed by atoms with Crippen molar-refractivity contribution in [3.8, 4) is 11.3 Å². The summed E-state index contributed by atoms with van der Waals surface area (Å²) in [6.07, 6.45) is -4.35. The van der Waals surface area contributed by atoms with Gasteiger partial charge in [-0.1, -0.05) is 0 Å². The molecule has 0 N–H and O–H groups in total. The molecule has 0 spiro atoms. The Bertz CT molecular complexity index is 584. The van der Waals surface area contributed by atoms with Crippen molar-refractivity contribution < 1.29 is 26.8 Å². The Labute approximate surface area is 98.8 Å². The average Bonchev–Trinajstić information content (AvgIpc) is 2.76. The van der Waals surface area contributed by atoms with Gasteiger partial charge >= 0.3 is 6.18 Å². The maximum atomic E-state index is 13.0. The second-order valence-corrected chi connectivity index (χ2v) is 3.51. The van der Waals surface area contributed by atoms with E-state index in [4.69, 9.17) is 4.42 Å². The molecule has 0 saturated carbocycles. The van der Waals surface area contributed by atoms with E-state index < -0.39 is 17.6 Å². The molecule has 0 aliphatic carbocycles. The maximum Gasteiger partial charge on any atom is 0.419 e. The van der Waals surface area contributed by atoms with Gasteiger partial charge in [-0.25, -0.2) is 4.39 Å². The first-order chi connectivity index (χ1) is 8.41. The number of benzene rings is 1. The van der Waals surface area contributed by atoms with Crippen molar-refractivity contribution in [1.29, 1.82) is 0 Å². The molecule has 0 aliphatic rings. The van der Waals surface area contributed by atoms with Crippen molar-refractivity contribution in [1.82, 2.24) is 0 Å². The fourth-order valence-electron chi connectivity index (χ4n) is 1.47. The van der Waals surface area contributed by atoms with Gasteiger partial charge < -0.3 is 4.42 Å². The highest BCUT2D eigenvalue weighted by atomic mass is 19.4. The fraction of sp³-hybridized carbons (Fsp3) is 0.0833. The topological polar surface area (TPSA) is 30.2 Å². The van der Waals surface area contributed by atoms with Crippen LogP contribution in [0.15, 0.2) is 34.7 Å². The summed E-state index contributed by atoms with van der Waals surface area (Å²) in [7, 11) is 0. The number of furan rings is 1. The molecule has 1 aromatic heterocycles. The van der Waals surface area contributed by atoms with E-state index in [0.29, 0.717) is 18.4 Å². The second-order valence-electron chi connectivity index (χ2n) is 3.51. The van der Waals surface area contributed by atoms with Gasteiger partial charge in [0, 0.05) is 5.56 Å². The summed E-state index contributed by atoms with van der Waals surface area (Å²) in [5.74, 6) is -1.29. The van der Waals surface area contributed by atoms with Crippen molar-refractivity contribution in [2.24, 2.45) is 0 Å². The first kappa shape index (κ1) is 12.3. The first-order valence-corrected chi connectivity index (χ1v) is 4.84. The molecule has 1 aromatic carbocycles. The number of hydrogen-bond donors (Lipinski definition) is 0. The van der Waals surface area contributed by atoms with E-state index >= 15 is 0 Å². The lowest BCUT2D eigenvalue weighted by Gasteiger charge is -2.08. The van der Waals surface area contributed by atoms with Crippen LogP contribution in [-0.2, 0) is 6.18 Å². The molecule has 0 unspecified atom stereocenters. The lowest BCUT2D eigenvalue weighted by atomic mass is 10.1. The standard InChI is InChI=1S/C12H6F4O2/c13-10-3-1-7(5-9(10)12(14,15)16)11-4-2-8(6-17)18-11/h1-6H. The molecular formula is C12H6F4O2. The van der Waals surface area contributed by atoms with Crippen molar-refractivity contribution in [3.63, 3.8) is 0 Å². The predicted molar refractivity (Wildman–Crippen MR) is 54.5 cm³/mol. The minimum Gasteiger partial charge on any atom is -0.453 e. The van der Waals surface area contributed by atoms with Gasteiger partial charge in [0.25, 0.3) is 0 Å². The van der Waals surface area contributed by atoms with Gasteiger partial charge in [0.15, 0.2) is 12.0 Å². The van der Waals surface area contributed by atoms with E-state index in [1.54, 1.807) is 0 Å². The summed E-state index contributed by atoms with van der Waals surface area (Å²) >= 11 is 0. The monoisotopic (exact) mass is 258 g/mol. The van der Waals surface area contributed by atoms with E-state index in [-0.39, 0.29) is 17.1 Å². The summed E-state index contributed by atoms with van der Waals surface area (Å²) in [5, 5.41) is 0. The minimum absolute atomic E-state index is 0.0112. The number of carbonyl (C=O) groups is 1. The third kappa shape index (κ3) is 2.27. The Morgan fingerprint density at radius 1 is 1.11 bits per heavy atom. The first-order valence-electron chi connectivity index (χ1n) is 4.84. The molecule has 94 valence electrons. The molecule has 0 bridgehead atoms. The quantitative estimate of drug-likeness (QED) is 0.603. The predicted octanol–water partition coefficient (Wildman–Crippen LogP) is 3.92. The van der Waals surface area contributed by atoms with Gasteiger partial charge in [0.05, 0.1) is 5.56 Å². The molecule has 2 aromatic rings. The van der Waals surface area contributed by atoms with Crippen LogP contribution in [0.1, 0.15) is 16.1 Å². The van der Waals surface area contributed by atoms with Crippen LogP contribution >= 0.6 is 0 Å². The average molecular weight is 258 g/mol. The smallest absolute Gasteiger partial charge is 0.419 e. The number of hydrogen-bond acceptors (Lipinski definition) is 2. The van der Waals surface area contributed by atoms with Gasteiger partial charge in [-0.15, -0.1) is 0 Å². The normalized spacial score (nSPS) is 11.6. The number of aldehydes is 1. The number of rotatable bonds is 2. The highest BCUT2D eigenvalue weighted by molar-refractivity contribution is 5.72. The van der Waals surface area contributed by atoms with Crippen LogP contribution in [0.4, 0.5) is 17.6 Å². The van der Waals surface area contributed by atoms with E-state index in [1.165, 1.54) is 12.1 Å². The Morgan fingerprint density at radius 3 is 2.39 bits per heavy atom. The maximum absolute atomic E-state index is 13.0. The number of carbonyl (C=O) groups excluding carboxylic acids is 1. The van der Waals surface area contributed by atoms with Crippen LogP contribution < -0.4 is 0 Å². The molecular weight excluding hydrogens is 252 g/mol. The Kier molecular flexibility index (Phi) is 2.94. The largest absolute Gasteiger partial charge is 0.453 e. The van der Waals surface area contributed by atoms with Gasteiger partial charge in [-0.3, -0.25) is 4.79 Å². The van der Waals surface area contributed by atoms with Crippen molar-refractivity contribution in [2.75, 3.05) is 0 Å². The summed E-state index contributed by atoms with van der Waals surface area (Å²) in [6.45, 7) is 0. The lowest BCUT2D eigenvalue weighted by Crippen LogP contribution is -2.08. The van der Waals surface area contributed by atoms with Gasteiger partial charge in [-0.05, 0) is 30.3 Å². The zero-order valence-corrected chi connectivity index (χ0v) is 8.79. The van der Waals surface area contributed by atoms with Crippen molar-refractivity contribution in [3.05, 3.63) is 47.5 Å². The van der Waals surface area contributed by atoms with Crippen LogP contribution in [0.3, 0.4) is 0 Å². The van der Waals surface area contributed by atoms with Crippen molar-refractivity contribution >= 4 is 6.29 Å². The zero-order valence-electron chi connectivity index (χ0n) is 8.79. The summed E-state index contributed by atoms with van der Waals surface area (Å²) in [5.41, 5.74) is -1.32. The Morgan fingerprint density at radius 2 is 1.83 bits per heavy atom. The summed E-state index contributed by atoms with van der Waals surface area (Å²) in [6, 6.07) is 5.16. The highest BCUT2D eigenvalue weighted by Crippen LogP contribution is 2.34. The van der Waals surface area contributed by atoms with Crippen LogP contribution in [0.2, 0.25) is 0 Å². The molecule has 0 aliphatic heterocycles. The van der Waals surface area contributed by atoms with Gasteiger partial charge in [-0.2, -0.15) is 13.2 Å². The molecule has 0 saturated heterocycles. The van der Waals surface area contributed by atoms with E-state index in [9.17, 15) is 22.4 Å². The van der Waals surface area contributed by atoms with Crippen LogP contribution in [0.25, 0.3) is 11.3 Å². The third-order valence-corrected chi connectivity index (χ3v) is 2.30. The molecule has 2 rings (SSSR count). The van der Waals surface area contributed by atoms with E-state index in [0.717, 1.165) is 6.07 Å². The van der Waals surface area contributed by atoms with Crippen LogP contribution in [0, 0.1) is 5.82 Å². The van der Waals surface area contributed by atoms with E-state index in [1.807, 2.05) is 0 Å². The van der Waals surface area contributed by atoms with E-state index in [2.05, 4.69) is 0 Å². The van der Waals surface area contributed by atoms with Crippen LogP contribution in [0.5, 0.6) is 0 Å². The Balaban J connectivity index is 2.50. The number of alkyl halides is 3. The fourth-order valence-corrected chi connectivity index (χ4v) is 1.47. The molecule has 0 fully saturated rings. The molecule has 18 heavy (non-hydrogen) atoms. The van der Waals surface area contributed by atoms with Crippen molar-refractivity contribution in [2.45, 2.75) is 6.18 Å². The third-order valence-electron chi connectivity index (χ3n) is 2.30. The summed E-state index contributed by atoms with van der Waals surface area (Å²) < 4.78 is 55.5. The molecule has 0 amide bonds. The molecule has 0 radical (unpaired) electrons. The molecule has 0 atom stereocenters. The number of halogens is 4. The molecule has 2 nitrogen and oxygen atoms in total. The summed E-state index contributed by atoms with van der Waals surface area (Å²) in [4.78, 5) is 10.4. The van der Waals surface area contributed by atoms with Gasteiger partial charge in [0.2, 0.25) is 0 Å². The Hall–Kier alpha value is -2.11. The zero-order chi connectivity index (χ0) is 13.3. The lowest BCUT2D eigenvalue weighted by molar-refractivity contribution is -0.139. The van der Waals surface area contributed by atoms with Gasteiger partial charge in [0.1, 0.15) is 11.6 Å². The molecule has 6 heteroatoms. The second kappa shape index (κ2) is 4.29. The minimum atomic E-state index is -4.78. The SMILES string of the molecule is O=Cc1ccc(-c2ccc(F)c(C(F)(F)F)c2)o1. The van der Waals surface area contributed by atoms with Crippen LogP contribution in [-0.4, -0.2) is 6.29 Å².